The number of hydrogen-bond donors (Lipinski definition) is 1. The van der Waals surface area contributed by atoms with Crippen LogP contribution in [0.1, 0.15) is 19.3 Å². The second-order valence-corrected chi connectivity index (χ2v) is 5.30. The van der Waals surface area contributed by atoms with Crippen LogP contribution in [0, 0.1) is 5.82 Å². The number of rotatable bonds is 7. The van der Waals surface area contributed by atoms with E-state index < -0.39 is 17.8 Å². The van der Waals surface area contributed by atoms with Crippen molar-refractivity contribution < 1.29 is 28.6 Å². The molecule has 0 bridgehead atoms. The highest BCUT2D eigenvalue weighted by Gasteiger charge is 2.28. The molecule has 1 fully saturated rings. The summed E-state index contributed by atoms with van der Waals surface area (Å²) < 4.78 is 23.9. The first-order valence-electron chi connectivity index (χ1n) is 7.54. The normalized spacial score (nSPS) is 17.8. The van der Waals surface area contributed by atoms with E-state index in [1.807, 2.05) is 0 Å². The lowest BCUT2D eigenvalue weighted by Gasteiger charge is -2.34. The minimum Gasteiger partial charge on any atom is -0.491 e. The van der Waals surface area contributed by atoms with Gasteiger partial charge in [-0.1, -0.05) is 12.1 Å². The maximum atomic E-state index is 13.4. The molecule has 1 atom stereocenters. The minimum atomic E-state index is -0.957. The van der Waals surface area contributed by atoms with Gasteiger partial charge in [-0.2, -0.15) is 0 Å². The molecule has 1 amide bonds. The van der Waals surface area contributed by atoms with E-state index in [1.54, 1.807) is 17.0 Å². The molecule has 7 heteroatoms. The highest BCUT2D eigenvalue weighted by atomic mass is 19.1. The number of aliphatic carboxylic acids is 1. The summed E-state index contributed by atoms with van der Waals surface area (Å²) in [6, 6.07) is 5.66. The van der Waals surface area contributed by atoms with Crippen molar-refractivity contribution in [1.29, 1.82) is 0 Å². The molecule has 1 aliphatic heterocycles. The fourth-order valence-corrected chi connectivity index (χ4v) is 2.46. The van der Waals surface area contributed by atoms with Gasteiger partial charge in [0.1, 0.15) is 0 Å². The Kier molecular flexibility index (Phi) is 6.34. The number of benzene rings is 1. The van der Waals surface area contributed by atoms with Crippen molar-refractivity contribution in [3.63, 3.8) is 0 Å². The molecule has 1 heterocycles. The summed E-state index contributed by atoms with van der Waals surface area (Å²) >= 11 is 0. The van der Waals surface area contributed by atoms with Gasteiger partial charge in [-0.25, -0.2) is 4.39 Å². The third-order valence-corrected chi connectivity index (χ3v) is 3.59. The molecule has 1 saturated heterocycles. The highest BCUT2D eigenvalue weighted by Crippen LogP contribution is 2.16. The molecule has 1 aromatic rings. The van der Waals surface area contributed by atoms with E-state index in [9.17, 15) is 14.0 Å². The maximum absolute atomic E-state index is 13.4. The number of ether oxygens (including phenoxy) is 2. The number of para-hydroxylation sites is 1. The van der Waals surface area contributed by atoms with Gasteiger partial charge in [-0.05, 0) is 18.6 Å². The van der Waals surface area contributed by atoms with Crippen molar-refractivity contribution in [3.05, 3.63) is 30.1 Å². The number of halogens is 1. The highest BCUT2D eigenvalue weighted by molar-refractivity contribution is 5.77. The zero-order chi connectivity index (χ0) is 16.7. The van der Waals surface area contributed by atoms with Crippen LogP contribution in [-0.2, 0) is 14.3 Å². The Morgan fingerprint density at radius 1 is 1.39 bits per heavy atom. The molecule has 1 N–H and O–H groups in total. The van der Waals surface area contributed by atoms with Gasteiger partial charge in [0.25, 0.3) is 0 Å². The van der Waals surface area contributed by atoms with Crippen LogP contribution in [0.4, 0.5) is 4.39 Å². The number of amides is 1. The van der Waals surface area contributed by atoms with Crippen LogP contribution in [-0.4, -0.2) is 54.3 Å². The van der Waals surface area contributed by atoms with Crippen LogP contribution in [0.5, 0.6) is 5.75 Å². The number of carbonyl (C=O) groups excluding carboxylic acids is 1. The van der Waals surface area contributed by atoms with E-state index in [0.29, 0.717) is 19.6 Å². The average molecular weight is 325 g/mol. The van der Waals surface area contributed by atoms with Gasteiger partial charge in [0, 0.05) is 13.0 Å². The molecule has 1 aliphatic rings. The second kappa shape index (κ2) is 8.47. The lowest BCUT2D eigenvalue weighted by molar-refractivity contribution is -0.146. The lowest BCUT2D eigenvalue weighted by Crippen LogP contribution is -2.49. The summed E-state index contributed by atoms with van der Waals surface area (Å²) in [4.78, 5) is 24.6. The van der Waals surface area contributed by atoms with Crippen LogP contribution in [0.25, 0.3) is 0 Å². The summed E-state index contributed by atoms with van der Waals surface area (Å²) in [5, 5.41) is 8.88. The van der Waals surface area contributed by atoms with Gasteiger partial charge in [0.15, 0.2) is 11.6 Å². The Bertz CT molecular complexity index is 551. The Balaban J connectivity index is 1.77. The number of morpholine rings is 1. The van der Waals surface area contributed by atoms with Crippen molar-refractivity contribution in [2.24, 2.45) is 0 Å². The standard InChI is InChI=1S/C16H20FNO5/c17-13-4-1-2-5-14(13)23-8-3-6-15(19)18-7-9-22-11-12(18)10-16(20)21/h1-2,4-5,12H,3,6-11H2,(H,20,21). The van der Waals surface area contributed by atoms with E-state index in [-0.39, 0.29) is 37.7 Å². The fraction of sp³-hybridized carbons (Fsp3) is 0.500. The predicted octanol–water partition coefficient (Wildman–Crippen LogP) is 1.69. The second-order valence-electron chi connectivity index (χ2n) is 5.30. The van der Waals surface area contributed by atoms with Crippen LogP contribution < -0.4 is 4.74 Å². The van der Waals surface area contributed by atoms with E-state index >= 15 is 0 Å². The third-order valence-electron chi connectivity index (χ3n) is 3.59. The topological polar surface area (TPSA) is 76.1 Å². The first-order chi connectivity index (χ1) is 11.1. The number of nitrogens with zero attached hydrogens (tertiary/aromatic N) is 1. The summed E-state index contributed by atoms with van der Waals surface area (Å²) in [6.45, 7) is 1.27. The SMILES string of the molecule is O=C(O)CC1COCCN1C(=O)CCCOc1ccccc1F. The Morgan fingerprint density at radius 3 is 2.91 bits per heavy atom. The molecule has 1 unspecified atom stereocenters. The number of carboxylic acids is 1. The van der Waals surface area contributed by atoms with Crippen molar-refractivity contribution in [2.75, 3.05) is 26.4 Å². The number of hydrogen-bond acceptors (Lipinski definition) is 4. The summed E-state index contributed by atoms with van der Waals surface area (Å²) in [7, 11) is 0. The van der Waals surface area contributed by atoms with Crippen LogP contribution >= 0.6 is 0 Å². The van der Waals surface area contributed by atoms with Gasteiger partial charge >= 0.3 is 5.97 Å². The Labute approximate surface area is 133 Å². The predicted molar refractivity (Wildman–Crippen MR) is 79.7 cm³/mol. The van der Waals surface area contributed by atoms with Crippen molar-refractivity contribution >= 4 is 11.9 Å². The van der Waals surface area contributed by atoms with Gasteiger partial charge < -0.3 is 19.5 Å². The van der Waals surface area contributed by atoms with Gasteiger partial charge in [-0.3, -0.25) is 9.59 Å². The van der Waals surface area contributed by atoms with Gasteiger partial charge in [0.2, 0.25) is 5.91 Å². The molecule has 6 nitrogen and oxygen atoms in total. The molecule has 0 aromatic heterocycles. The third kappa shape index (κ3) is 5.21. The molecule has 0 aliphatic carbocycles. The molecule has 126 valence electrons. The van der Waals surface area contributed by atoms with E-state index in [2.05, 4.69) is 0 Å². The largest absolute Gasteiger partial charge is 0.491 e. The molecular formula is C16H20FNO5. The first kappa shape index (κ1) is 17.2. The first-order valence-corrected chi connectivity index (χ1v) is 7.54. The maximum Gasteiger partial charge on any atom is 0.305 e. The van der Waals surface area contributed by atoms with Crippen LogP contribution in [0.3, 0.4) is 0 Å². The quantitative estimate of drug-likeness (QED) is 0.772. The molecule has 1 aromatic carbocycles. The number of carbonyl (C=O) groups is 2. The summed E-state index contributed by atoms with van der Waals surface area (Å²) in [6.07, 6.45) is 0.534. The van der Waals surface area contributed by atoms with Crippen molar-refractivity contribution in [3.8, 4) is 5.75 Å². The van der Waals surface area contributed by atoms with E-state index in [0.717, 1.165) is 0 Å². The van der Waals surface area contributed by atoms with Crippen LogP contribution in [0.2, 0.25) is 0 Å². The molecule has 2 rings (SSSR count). The Morgan fingerprint density at radius 2 is 2.17 bits per heavy atom. The van der Waals surface area contributed by atoms with Crippen molar-refractivity contribution in [2.45, 2.75) is 25.3 Å². The molecule has 0 radical (unpaired) electrons. The number of carboxylic acid groups (broad SMARTS) is 1. The van der Waals surface area contributed by atoms with Gasteiger partial charge in [0.05, 0.1) is 32.3 Å². The summed E-state index contributed by atoms with van der Waals surface area (Å²) in [5.41, 5.74) is 0. The zero-order valence-corrected chi connectivity index (χ0v) is 12.7. The monoisotopic (exact) mass is 325 g/mol. The lowest BCUT2D eigenvalue weighted by atomic mass is 10.1. The van der Waals surface area contributed by atoms with Crippen molar-refractivity contribution in [1.82, 2.24) is 4.90 Å². The minimum absolute atomic E-state index is 0.128. The summed E-state index contributed by atoms with van der Waals surface area (Å²) in [5.74, 6) is -1.36. The van der Waals surface area contributed by atoms with Gasteiger partial charge in [-0.15, -0.1) is 0 Å². The van der Waals surface area contributed by atoms with E-state index in [1.165, 1.54) is 12.1 Å². The van der Waals surface area contributed by atoms with Crippen LogP contribution in [0.15, 0.2) is 24.3 Å². The fourth-order valence-electron chi connectivity index (χ4n) is 2.46. The average Bonchev–Trinajstić information content (AvgIpc) is 2.53. The molecule has 0 saturated carbocycles. The molecule has 23 heavy (non-hydrogen) atoms. The Hall–Kier alpha value is -2.15. The smallest absolute Gasteiger partial charge is 0.305 e. The zero-order valence-electron chi connectivity index (χ0n) is 12.7. The van der Waals surface area contributed by atoms with E-state index in [4.69, 9.17) is 14.6 Å². The molecular weight excluding hydrogens is 305 g/mol. The molecule has 0 spiro atoms.